The zero-order valence-electron chi connectivity index (χ0n) is 11.0. The summed E-state index contributed by atoms with van der Waals surface area (Å²) in [6, 6.07) is 0.615. The van der Waals surface area contributed by atoms with Crippen LogP contribution in [0.5, 0.6) is 0 Å². The minimum Gasteiger partial charge on any atom is -0.360 e. The SMILES string of the molecule is S=C(NC1CCCC1)N1CCN(c2nccs2)CC1. The molecule has 2 heterocycles. The predicted octanol–water partition coefficient (Wildman–Crippen LogP) is 2.08. The molecule has 2 aliphatic rings. The van der Waals surface area contributed by atoms with Crippen molar-refractivity contribution in [3.63, 3.8) is 0 Å². The predicted molar refractivity (Wildman–Crippen MR) is 83.9 cm³/mol. The molecule has 4 nitrogen and oxygen atoms in total. The molecule has 19 heavy (non-hydrogen) atoms. The summed E-state index contributed by atoms with van der Waals surface area (Å²) in [6.07, 6.45) is 7.12. The molecule has 6 heteroatoms. The maximum atomic E-state index is 5.53. The van der Waals surface area contributed by atoms with Gasteiger partial charge in [-0.05, 0) is 25.1 Å². The molecule has 1 aromatic rings. The summed E-state index contributed by atoms with van der Waals surface area (Å²) in [6.45, 7) is 4.02. The highest BCUT2D eigenvalue weighted by molar-refractivity contribution is 7.80. The number of anilines is 1. The Kier molecular flexibility index (Phi) is 4.18. The van der Waals surface area contributed by atoms with Crippen LogP contribution in [0, 0.1) is 0 Å². The van der Waals surface area contributed by atoms with Crippen LogP contribution in [-0.2, 0) is 0 Å². The monoisotopic (exact) mass is 296 g/mol. The number of thiocarbonyl (C=S) groups is 1. The Morgan fingerprint density at radius 1 is 1.26 bits per heavy atom. The van der Waals surface area contributed by atoms with E-state index < -0.39 is 0 Å². The molecule has 0 amide bonds. The van der Waals surface area contributed by atoms with Crippen molar-refractivity contribution in [1.82, 2.24) is 15.2 Å². The number of thiazole rings is 1. The third-order valence-electron chi connectivity index (χ3n) is 3.94. The van der Waals surface area contributed by atoms with Crippen molar-refractivity contribution in [1.29, 1.82) is 0 Å². The van der Waals surface area contributed by atoms with Gasteiger partial charge in [-0.15, -0.1) is 11.3 Å². The minimum absolute atomic E-state index is 0.615. The lowest BCUT2D eigenvalue weighted by atomic mass is 10.2. The number of piperazine rings is 1. The molecule has 1 N–H and O–H groups in total. The molecule has 0 bridgehead atoms. The number of hydrogen-bond donors (Lipinski definition) is 1. The molecule has 0 spiro atoms. The highest BCUT2D eigenvalue weighted by atomic mass is 32.1. The Morgan fingerprint density at radius 3 is 2.63 bits per heavy atom. The van der Waals surface area contributed by atoms with Crippen LogP contribution in [-0.4, -0.2) is 47.2 Å². The highest BCUT2D eigenvalue weighted by Crippen LogP contribution is 2.20. The number of nitrogens with zero attached hydrogens (tertiary/aromatic N) is 3. The smallest absolute Gasteiger partial charge is 0.185 e. The highest BCUT2D eigenvalue weighted by Gasteiger charge is 2.22. The van der Waals surface area contributed by atoms with Crippen LogP contribution in [0.1, 0.15) is 25.7 Å². The van der Waals surface area contributed by atoms with Gasteiger partial charge in [0.25, 0.3) is 0 Å². The first-order valence-corrected chi connectivity index (χ1v) is 8.31. The molecule has 0 radical (unpaired) electrons. The van der Waals surface area contributed by atoms with Crippen molar-refractivity contribution in [3.8, 4) is 0 Å². The second kappa shape index (κ2) is 6.05. The van der Waals surface area contributed by atoms with E-state index in [0.717, 1.165) is 36.4 Å². The van der Waals surface area contributed by atoms with Gasteiger partial charge in [-0.1, -0.05) is 12.8 Å². The summed E-state index contributed by atoms with van der Waals surface area (Å²) in [5.41, 5.74) is 0. The minimum atomic E-state index is 0.615. The summed E-state index contributed by atoms with van der Waals surface area (Å²) >= 11 is 7.25. The Labute approximate surface area is 123 Å². The largest absolute Gasteiger partial charge is 0.360 e. The fraction of sp³-hybridized carbons (Fsp3) is 0.692. The van der Waals surface area contributed by atoms with E-state index >= 15 is 0 Å². The molecule has 1 aliphatic heterocycles. The van der Waals surface area contributed by atoms with E-state index in [4.69, 9.17) is 12.2 Å². The van der Waals surface area contributed by atoms with Crippen LogP contribution in [0.15, 0.2) is 11.6 Å². The molecule has 1 saturated heterocycles. The number of nitrogens with one attached hydrogen (secondary N) is 1. The zero-order chi connectivity index (χ0) is 13.1. The second-order valence-electron chi connectivity index (χ2n) is 5.22. The van der Waals surface area contributed by atoms with Crippen LogP contribution in [0.25, 0.3) is 0 Å². The lowest BCUT2D eigenvalue weighted by Gasteiger charge is -2.36. The van der Waals surface area contributed by atoms with Crippen molar-refractivity contribution in [3.05, 3.63) is 11.6 Å². The van der Waals surface area contributed by atoms with Gasteiger partial charge in [0.15, 0.2) is 10.2 Å². The van der Waals surface area contributed by atoms with Crippen LogP contribution in [0.4, 0.5) is 5.13 Å². The first kappa shape index (κ1) is 13.1. The third kappa shape index (κ3) is 3.17. The third-order valence-corrected chi connectivity index (χ3v) is 5.15. The Balaban J connectivity index is 1.48. The first-order valence-electron chi connectivity index (χ1n) is 7.03. The van der Waals surface area contributed by atoms with E-state index in [-0.39, 0.29) is 0 Å². The quantitative estimate of drug-likeness (QED) is 0.845. The van der Waals surface area contributed by atoms with Crippen LogP contribution in [0.3, 0.4) is 0 Å². The Bertz CT molecular complexity index is 406. The number of aromatic nitrogens is 1. The van der Waals surface area contributed by atoms with E-state index in [1.54, 1.807) is 11.3 Å². The van der Waals surface area contributed by atoms with Crippen molar-refractivity contribution < 1.29 is 0 Å². The Morgan fingerprint density at radius 2 is 2.00 bits per heavy atom. The lowest BCUT2D eigenvalue weighted by molar-refractivity contribution is 0.374. The van der Waals surface area contributed by atoms with E-state index in [2.05, 4.69) is 20.1 Å². The summed E-state index contributed by atoms with van der Waals surface area (Å²) in [5, 5.41) is 7.64. The molecule has 1 aromatic heterocycles. The van der Waals surface area contributed by atoms with Crippen LogP contribution >= 0.6 is 23.6 Å². The van der Waals surface area contributed by atoms with Gasteiger partial charge >= 0.3 is 0 Å². The van der Waals surface area contributed by atoms with Crippen LogP contribution < -0.4 is 10.2 Å². The van der Waals surface area contributed by atoms with E-state index in [9.17, 15) is 0 Å². The number of rotatable bonds is 2. The number of hydrogen-bond acceptors (Lipinski definition) is 4. The summed E-state index contributed by atoms with van der Waals surface area (Å²) < 4.78 is 0. The summed E-state index contributed by atoms with van der Waals surface area (Å²) in [7, 11) is 0. The molecule has 0 atom stereocenters. The molecule has 1 aliphatic carbocycles. The van der Waals surface area contributed by atoms with E-state index in [0.29, 0.717) is 6.04 Å². The van der Waals surface area contributed by atoms with Crippen molar-refractivity contribution in [2.45, 2.75) is 31.7 Å². The maximum Gasteiger partial charge on any atom is 0.185 e. The first-order chi connectivity index (χ1) is 9.33. The standard InChI is InChI=1S/C13H20N4S2/c18-12(15-11-3-1-2-4-11)16-6-8-17(9-7-16)13-14-5-10-19-13/h5,10-11H,1-4,6-9H2,(H,15,18). The van der Waals surface area contributed by atoms with Gasteiger partial charge in [0, 0.05) is 43.8 Å². The van der Waals surface area contributed by atoms with Gasteiger partial charge in [0.2, 0.25) is 0 Å². The lowest BCUT2D eigenvalue weighted by Crippen LogP contribution is -2.53. The van der Waals surface area contributed by atoms with E-state index in [1.807, 2.05) is 11.6 Å². The van der Waals surface area contributed by atoms with Crippen molar-refractivity contribution in [2.24, 2.45) is 0 Å². The molecule has 3 rings (SSSR count). The normalized spacial score (nSPS) is 20.8. The fourth-order valence-electron chi connectivity index (χ4n) is 2.81. The van der Waals surface area contributed by atoms with Crippen molar-refractivity contribution >= 4 is 33.8 Å². The average molecular weight is 296 g/mol. The Hall–Kier alpha value is -0.880. The molecule has 0 unspecified atom stereocenters. The molecule has 104 valence electrons. The summed E-state index contributed by atoms with van der Waals surface area (Å²) in [4.78, 5) is 9.02. The topological polar surface area (TPSA) is 31.4 Å². The maximum absolute atomic E-state index is 5.53. The van der Waals surface area contributed by atoms with Crippen LogP contribution in [0.2, 0.25) is 0 Å². The van der Waals surface area contributed by atoms with Gasteiger partial charge < -0.3 is 15.1 Å². The fourth-order valence-corrected chi connectivity index (χ4v) is 3.86. The molecule has 0 aromatic carbocycles. The van der Waals surface area contributed by atoms with Gasteiger partial charge in [0.1, 0.15) is 0 Å². The van der Waals surface area contributed by atoms with E-state index in [1.165, 1.54) is 25.7 Å². The average Bonchev–Trinajstić information content (AvgIpc) is 3.12. The van der Waals surface area contributed by atoms with Gasteiger partial charge in [-0.2, -0.15) is 0 Å². The molecular weight excluding hydrogens is 276 g/mol. The van der Waals surface area contributed by atoms with Crippen molar-refractivity contribution in [2.75, 3.05) is 31.1 Å². The molecular formula is C13H20N4S2. The molecule has 2 fully saturated rings. The van der Waals surface area contributed by atoms with Gasteiger partial charge in [-0.25, -0.2) is 4.98 Å². The molecule has 1 saturated carbocycles. The second-order valence-corrected chi connectivity index (χ2v) is 6.48. The van der Waals surface area contributed by atoms with Gasteiger partial charge in [-0.3, -0.25) is 0 Å². The zero-order valence-corrected chi connectivity index (χ0v) is 12.7. The van der Waals surface area contributed by atoms with Gasteiger partial charge in [0.05, 0.1) is 0 Å². The summed E-state index contributed by atoms with van der Waals surface area (Å²) in [5.74, 6) is 0.